The molecule has 0 atom stereocenters. The van der Waals surface area contributed by atoms with Gasteiger partial charge in [-0.15, -0.1) is 0 Å². The molecule has 0 saturated carbocycles. The summed E-state index contributed by atoms with van der Waals surface area (Å²) in [6.07, 6.45) is 5.02. The van der Waals surface area contributed by atoms with E-state index in [1.807, 2.05) is 36.4 Å². The predicted molar refractivity (Wildman–Crippen MR) is 58.5 cm³/mol. The van der Waals surface area contributed by atoms with E-state index in [0.717, 1.165) is 11.3 Å². The maximum atomic E-state index is 8.99. The number of allylic oxidation sites excluding steroid dienone is 1. The van der Waals surface area contributed by atoms with Gasteiger partial charge in [0.05, 0.1) is 23.8 Å². The number of aromatic amines is 1. The molecule has 1 N–H and O–H groups in total. The maximum Gasteiger partial charge on any atom is 0.101 e. The third kappa shape index (κ3) is 2.12. The summed E-state index contributed by atoms with van der Waals surface area (Å²) < 4.78 is 0. The van der Waals surface area contributed by atoms with Gasteiger partial charge in [0.2, 0.25) is 0 Å². The molecular weight excluding hydrogens is 186 g/mol. The lowest BCUT2D eigenvalue weighted by molar-refractivity contribution is 1.30. The summed E-state index contributed by atoms with van der Waals surface area (Å²) in [5.41, 5.74) is 2.32. The summed E-state index contributed by atoms with van der Waals surface area (Å²) in [6.45, 7) is 0. The van der Waals surface area contributed by atoms with Crippen LogP contribution >= 0.6 is 0 Å². The Labute approximate surface area is 87.7 Å². The Hall–Kier alpha value is -2.34. The number of imidazole rings is 1. The van der Waals surface area contributed by atoms with Gasteiger partial charge in [0.1, 0.15) is 6.07 Å². The number of rotatable bonds is 2. The standard InChI is InChI=1S/C12H9N3/c13-7-11(12-8-14-9-15-12)6-10-4-2-1-3-5-10/h1-6,8-9H,(H,14,15)/b11-6-. The van der Waals surface area contributed by atoms with Crippen molar-refractivity contribution < 1.29 is 0 Å². The number of hydrogen-bond donors (Lipinski definition) is 1. The number of nitrogens with zero attached hydrogens (tertiary/aromatic N) is 2. The Kier molecular flexibility index (Phi) is 2.61. The molecule has 0 fully saturated rings. The fourth-order valence-electron chi connectivity index (χ4n) is 1.29. The van der Waals surface area contributed by atoms with E-state index in [4.69, 9.17) is 5.26 Å². The van der Waals surface area contributed by atoms with Crippen LogP contribution in [0, 0.1) is 11.3 Å². The Morgan fingerprint density at radius 1 is 1.33 bits per heavy atom. The zero-order chi connectivity index (χ0) is 10.5. The minimum absolute atomic E-state index is 0.582. The Morgan fingerprint density at radius 3 is 2.73 bits per heavy atom. The molecule has 0 spiro atoms. The Bertz CT molecular complexity index is 489. The Balaban J connectivity index is 2.37. The van der Waals surface area contributed by atoms with Gasteiger partial charge in [-0.05, 0) is 11.6 Å². The largest absolute Gasteiger partial charge is 0.344 e. The van der Waals surface area contributed by atoms with E-state index in [0.29, 0.717) is 5.57 Å². The van der Waals surface area contributed by atoms with Gasteiger partial charge in [-0.1, -0.05) is 30.3 Å². The van der Waals surface area contributed by atoms with Crippen LogP contribution in [0.2, 0.25) is 0 Å². The molecule has 1 aromatic heterocycles. The van der Waals surface area contributed by atoms with E-state index in [1.165, 1.54) is 0 Å². The summed E-state index contributed by atoms with van der Waals surface area (Å²) in [6, 6.07) is 11.9. The quantitative estimate of drug-likeness (QED) is 0.748. The smallest absolute Gasteiger partial charge is 0.101 e. The highest BCUT2D eigenvalue weighted by Crippen LogP contribution is 2.14. The molecule has 0 aliphatic carbocycles. The molecule has 2 aromatic rings. The highest BCUT2D eigenvalue weighted by Gasteiger charge is 2.00. The maximum absolute atomic E-state index is 8.99. The third-order valence-electron chi connectivity index (χ3n) is 2.02. The van der Waals surface area contributed by atoms with Gasteiger partial charge >= 0.3 is 0 Å². The number of H-pyrrole nitrogens is 1. The number of aromatic nitrogens is 2. The molecule has 72 valence electrons. The zero-order valence-corrected chi connectivity index (χ0v) is 8.01. The molecule has 1 aromatic carbocycles. The van der Waals surface area contributed by atoms with Gasteiger partial charge in [-0.3, -0.25) is 0 Å². The first kappa shape index (κ1) is 9.22. The van der Waals surface area contributed by atoms with E-state index in [-0.39, 0.29) is 0 Å². The predicted octanol–water partition coefficient (Wildman–Crippen LogP) is 2.47. The van der Waals surface area contributed by atoms with Crippen molar-refractivity contribution in [3.05, 3.63) is 54.1 Å². The van der Waals surface area contributed by atoms with Gasteiger partial charge in [0.25, 0.3) is 0 Å². The van der Waals surface area contributed by atoms with E-state index in [9.17, 15) is 0 Å². The minimum atomic E-state index is 0.582. The molecule has 0 unspecified atom stereocenters. The van der Waals surface area contributed by atoms with Crippen LogP contribution < -0.4 is 0 Å². The molecule has 0 bridgehead atoms. The van der Waals surface area contributed by atoms with Crippen molar-refractivity contribution in [1.29, 1.82) is 5.26 Å². The molecule has 0 aliphatic heterocycles. The van der Waals surface area contributed by atoms with Gasteiger partial charge in [-0.25, -0.2) is 4.98 Å². The summed E-state index contributed by atoms with van der Waals surface area (Å²) in [5.74, 6) is 0. The number of benzene rings is 1. The van der Waals surface area contributed by atoms with Crippen molar-refractivity contribution in [1.82, 2.24) is 9.97 Å². The molecular formula is C12H9N3. The number of nitriles is 1. The zero-order valence-electron chi connectivity index (χ0n) is 8.01. The fraction of sp³-hybridized carbons (Fsp3) is 0. The molecule has 3 heteroatoms. The summed E-state index contributed by atoms with van der Waals surface area (Å²) in [5, 5.41) is 8.99. The van der Waals surface area contributed by atoms with E-state index < -0.39 is 0 Å². The molecule has 1 heterocycles. The lowest BCUT2D eigenvalue weighted by Crippen LogP contribution is -1.80. The van der Waals surface area contributed by atoms with E-state index in [1.54, 1.807) is 12.5 Å². The second kappa shape index (κ2) is 4.25. The van der Waals surface area contributed by atoms with Crippen molar-refractivity contribution in [2.24, 2.45) is 0 Å². The summed E-state index contributed by atoms with van der Waals surface area (Å²) >= 11 is 0. The van der Waals surface area contributed by atoms with Crippen molar-refractivity contribution in [3.63, 3.8) is 0 Å². The normalized spacial score (nSPS) is 11.0. The van der Waals surface area contributed by atoms with Crippen LogP contribution in [0.5, 0.6) is 0 Å². The van der Waals surface area contributed by atoms with Crippen molar-refractivity contribution in [3.8, 4) is 6.07 Å². The van der Waals surface area contributed by atoms with Gasteiger partial charge in [0, 0.05) is 0 Å². The molecule has 0 aliphatic rings. The third-order valence-corrected chi connectivity index (χ3v) is 2.02. The first-order valence-corrected chi connectivity index (χ1v) is 4.56. The summed E-state index contributed by atoms with van der Waals surface area (Å²) in [7, 11) is 0. The van der Waals surface area contributed by atoms with Crippen LogP contribution in [-0.2, 0) is 0 Å². The minimum Gasteiger partial charge on any atom is -0.344 e. The summed E-state index contributed by atoms with van der Waals surface area (Å²) in [4.78, 5) is 6.79. The molecule has 3 nitrogen and oxygen atoms in total. The first-order chi connectivity index (χ1) is 7.40. The van der Waals surface area contributed by atoms with Gasteiger partial charge in [0.15, 0.2) is 0 Å². The number of hydrogen-bond acceptors (Lipinski definition) is 2. The van der Waals surface area contributed by atoms with E-state index >= 15 is 0 Å². The fourth-order valence-corrected chi connectivity index (χ4v) is 1.29. The van der Waals surface area contributed by atoms with Crippen molar-refractivity contribution in [2.45, 2.75) is 0 Å². The highest BCUT2D eigenvalue weighted by molar-refractivity contribution is 5.87. The van der Waals surface area contributed by atoms with Crippen molar-refractivity contribution in [2.75, 3.05) is 0 Å². The van der Waals surface area contributed by atoms with Crippen molar-refractivity contribution >= 4 is 11.6 Å². The molecule has 2 rings (SSSR count). The second-order valence-electron chi connectivity index (χ2n) is 3.05. The SMILES string of the molecule is N#C/C(=C/c1ccccc1)c1cnc[nH]1. The van der Waals surface area contributed by atoms with Crippen LogP contribution in [0.4, 0.5) is 0 Å². The van der Waals surface area contributed by atoms with Crippen LogP contribution in [0.25, 0.3) is 11.6 Å². The van der Waals surface area contributed by atoms with Gasteiger partial charge in [-0.2, -0.15) is 5.26 Å². The van der Waals surface area contributed by atoms with Crippen LogP contribution in [-0.4, -0.2) is 9.97 Å². The topological polar surface area (TPSA) is 52.5 Å². The van der Waals surface area contributed by atoms with Crippen LogP contribution in [0.3, 0.4) is 0 Å². The average Bonchev–Trinajstić information content (AvgIpc) is 2.81. The number of nitrogens with one attached hydrogen (secondary N) is 1. The lowest BCUT2D eigenvalue weighted by atomic mass is 10.1. The van der Waals surface area contributed by atoms with E-state index in [2.05, 4.69) is 16.0 Å². The molecule has 0 saturated heterocycles. The second-order valence-corrected chi connectivity index (χ2v) is 3.05. The average molecular weight is 195 g/mol. The first-order valence-electron chi connectivity index (χ1n) is 4.56. The molecule has 0 radical (unpaired) electrons. The highest BCUT2D eigenvalue weighted by atomic mass is 14.9. The van der Waals surface area contributed by atoms with Crippen LogP contribution in [0.15, 0.2) is 42.9 Å². The molecule has 0 amide bonds. The molecule has 15 heavy (non-hydrogen) atoms. The van der Waals surface area contributed by atoms with Crippen LogP contribution in [0.1, 0.15) is 11.3 Å². The lowest BCUT2D eigenvalue weighted by Gasteiger charge is -1.94. The monoisotopic (exact) mass is 195 g/mol. The Morgan fingerprint density at radius 2 is 2.13 bits per heavy atom. The van der Waals surface area contributed by atoms with Gasteiger partial charge < -0.3 is 4.98 Å².